The molecule has 1 atom stereocenters. The van der Waals surface area contributed by atoms with E-state index in [2.05, 4.69) is 9.72 Å². The van der Waals surface area contributed by atoms with Gasteiger partial charge in [-0.3, -0.25) is 9.59 Å². The largest absolute Gasteiger partial charge is 0.469 e. The van der Waals surface area contributed by atoms with Gasteiger partial charge >= 0.3 is 5.97 Å². The Morgan fingerprint density at radius 1 is 1.52 bits per heavy atom. The summed E-state index contributed by atoms with van der Waals surface area (Å²) in [5.74, 6) is 0.140. The molecule has 114 valence electrons. The summed E-state index contributed by atoms with van der Waals surface area (Å²) in [6, 6.07) is 0.325. The number of rotatable bonds is 4. The van der Waals surface area contributed by atoms with Crippen LogP contribution in [0, 0.1) is 0 Å². The molecule has 1 saturated heterocycles. The Morgan fingerprint density at radius 3 is 3.05 bits per heavy atom. The molecule has 1 saturated carbocycles. The van der Waals surface area contributed by atoms with Crippen molar-refractivity contribution in [2.45, 2.75) is 31.4 Å². The van der Waals surface area contributed by atoms with Gasteiger partial charge in [-0.05, 0) is 12.8 Å². The summed E-state index contributed by atoms with van der Waals surface area (Å²) in [6.07, 6.45) is 5.45. The second kappa shape index (κ2) is 5.85. The zero-order valence-electron chi connectivity index (χ0n) is 12.0. The van der Waals surface area contributed by atoms with Gasteiger partial charge in [-0.2, -0.15) is 0 Å². The van der Waals surface area contributed by atoms with E-state index in [9.17, 15) is 9.59 Å². The topological polar surface area (TPSA) is 73.7 Å². The average Bonchev–Trinajstić information content (AvgIpc) is 3.32. The van der Waals surface area contributed by atoms with Gasteiger partial charge in [-0.25, -0.2) is 4.98 Å². The molecule has 2 fully saturated rings. The van der Waals surface area contributed by atoms with Gasteiger partial charge in [0.05, 0.1) is 26.2 Å². The summed E-state index contributed by atoms with van der Waals surface area (Å²) in [5.41, 5.74) is -0.0567. The Bertz CT molecular complexity index is 582. The molecule has 1 aliphatic heterocycles. The highest BCUT2D eigenvalue weighted by molar-refractivity contribution is 5.69. The van der Waals surface area contributed by atoms with Crippen LogP contribution in [0.15, 0.2) is 17.2 Å². The third-order valence-electron chi connectivity index (χ3n) is 3.85. The first-order valence-electron chi connectivity index (χ1n) is 7.19. The molecule has 1 aromatic heterocycles. The summed E-state index contributed by atoms with van der Waals surface area (Å²) < 4.78 is 12.0. The van der Waals surface area contributed by atoms with Crippen LogP contribution in [0.3, 0.4) is 0 Å². The molecule has 1 aliphatic carbocycles. The zero-order chi connectivity index (χ0) is 14.8. The molecule has 0 radical (unpaired) electrons. The number of anilines is 1. The number of morpholine rings is 1. The number of carbonyl (C=O) groups is 1. The summed E-state index contributed by atoms with van der Waals surface area (Å²) in [5, 5.41) is 0. The molecule has 0 N–H and O–H groups in total. The van der Waals surface area contributed by atoms with Crippen molar-refractivity contribution < 1.29 is 14.3 Å². The van der Waals surface area contributed by atoms with Crippen LogP contribution < -0.4 is 10.5 Å². The summed E-state index contributed by atoms with van der Waals surface area (Å²) in [4.78, 5) is 29.9. The molecule has 2 heterocycles. The van der Waals surface area contributed by atoms with Gasteiger partial charge in [-0.1, -0.05) is 0 Å². The van der Waals surface area contributed by atoms with Gasteiger partial charge < -0.3 is 18.9 Å². The normalized spacial score (nSPS) is 22.1. The van der Waals surface area contributed by atoms with Crippen molar-refractivity contribution in [2.24, 2.45) is 0 Å². The van der Waals surface area contributed by atoms with E-state index < -0.39 is 0 Å². The van der Waals surface area contributed by atoms with E-state index in [4.69, 9.17) is 4.74 Å². The Hall–Kier alpha value is -1.89. The number of esters is 1. The van der Waals surface area contributed by atoms with Crippen LogP contribution in [-0.2, 0) is 14.3 Å². The van der Waals surface area contributed by atoms with E-state index in [0.717, 1.165) is 12.8 Å². The van der Waals surface area contributed by atoms with Crippen molar-refractivity contribution >= 4 is 11.8 Å². The third kappa shape index (κ3) is 3.07. The van der Waals surface area contributed by atoms with E-state index in [1.165, 1.54) is 7.11 Å². The number of aromatic nitrogens is 2. The lowest BCUT2D eigenvalue weighted by Gasteiger charge is -2.32. The molecule has 1 unspecified atom stereocenters. The molecule has 3 rings (SSSR count). The van der Waals surface area contributed by atoms with E-state index in [0.29, 0.717) is 31.6 Å². The number of hydrogen-bond donors (Lipinski definition) is 0. The van der Waals surface area contributed by atoms with Crippen molar-refractivity contribution in [1.29, 1.82) is 0 Å². The van der Waals surface area contributed by atoms with E-state index in [1.807, 2.05) is 4.90 Å². The first-order valence-corrected chi connectivity index (χ1v) is 7.19. The fourth-order valence-corrected chi connectivity index (χ4v) is 2.58. The van der Waals surface area contributed by atoms with Crippen molar-refractivity contribution in [3.05, 3.63) is 22.7 Å². The van der Waals surface area contributed by atoms with Crippen LogP contribution in [0.1, 0.15) is 25.3 Å². The fourth-order valence-electron chi connectivity index (χ4n) is 2.58. The van der Waals surface area contributed by atoms with E-state index in [1.54, 1.807) is 17.0 Å². The van der Waals surface area contributed by atoms with Gasteiger partial charge in [0.2, 0.25) is 0 Å². The Balaban J connectivity index is 1.75. The lowest BCUT2D eigenvalue weighted by atomic mass is 10.2. The molecule has 0 bridgehead atoms. The molecular formula is C14H19N3O4. The standard InChI is InChI=1S/C14H19N3O4/c1-20-12(18)8-11-9-16(6-7-21-11)13-14(19)17(5-4-15-13)10-2-3-10/h4-5,10-11H,2-3,6-9H2,1H3. The van der Waals surface area contributed by atoms with Crippen molar-refractivity contribution in [3.63, 3.8) is 0 Å². The van der Waals surface area contributed by atoms with E-state index in [-0.39, 0.29) is 24.1 Å². The van der Waals surface area contributed by atoms with E-state index >= 15 is 0 Å². The van der Waals surface area contributed by atoms with Crippen LogP contribution in [0.2, 0.25) is 0 Å². The molecule has 2 aliphatic rings. The summed E-state index contributed by atoms with van der Waals surface area (Å²) in [6.45, 7) is 1.56. The number of hydrogen-bond acceptors (Lipinski definition) is 6. The lowest BCUT2D eigenvalue weighted by Crippen LogP contribution is -2.46. The van der Waals surface area contributed by atoms with Crippen LogP contribution in [-0.4, -0.2) is 48.4 Å². The van der Waals surface area contributed by atoms with Crippen molar-refractivity contribution in [1.82, 2.24) is 9.55 Å². The van der Waals surface area contributed by atoms with Crippen molar-refractivity contribution in [2.75, 3.05) is 31.7 Å². The maximum atomic E-state index is 12.5. The fraction of sp³-hybridized carbons (Fsp3) is 0.643. The summed E-state index contributed by atoms with van der Waals surface area (Å²) in [7, 11) is 1.36. The highest BCUT2D eigenvalue weighted by Crippen LogP contribution is 2.33. The molecule has 0 spiro atoms. The molecule has 1 aromatic rings. The molecule has 7 nitrogen and oxygen atoms in total. The Morgan fingerprint density at radius 2 is 2.33 bits per heavy atom. The van der Waals surface area contributed by atoms with Crippen LogP contribution in [0.25, 0.3) is 0 Å². The monoisotopic (exact) mass is 293 g/mol. The maximum absolute atomic E-state index is 12.5. The van der Waals surface area contributed by atoms with Gasteiger partial charge in [-0.15, -0.1) is 0 Å². The first-order chi connectivity index (χ1) is 10.2. The highest BCUT2D eigenvalue weighted by Gasteiger charge is 2.29. The Kier molecular flexibility index (Phi) is 3.92. The minimum absolute atomic E-state index is 0.0567. The Labute approximate surface area is 122 Å². The summed E-state index contributed by atoms with van der Waals surface area (Å²) >= 11 is 0. The smallest absolute Gasteiger partial charge is 0.308 e. The maximum Gasteiger partial charge on any atom is 0.308 e. The van der Waals surface area contributed by atoms with Gasteiger partial charge in [0.15, 0.2) is 5.82 Å². The number of methoxy groups -OCH3 is 1. The second-order valence-electron chi connectivity index (χ2n) is 5.41. The molecule has 0 amide bonds. The SMILES string of the molecule is COC(=O)CC1CN(c2nccn(C3CC3)c2=O)CCO1. The molecule has 21 heavy (non-hydrogen) atoms. The van der Waals surface area contributed by atoms with Gasteiger partial charge in [0, 0.05) is 31.5 Å². The van der Waals surface area contributed by atoms with Gasteiger partial charge in [0.1, 0.15) is 0 Å². The minimum Gasteiger partial charge on any atom is -0.469 e. The molecule has 0 aromatic carbocycles. The predicted molar refractivity (Wildman–Crippen MR) is 75.4 cm³/mol. The number of ether oxygens (including phenoxy) is 2. The molecular weight excluding hydrogens is 274 g/mol. The first kappa shape index (κ1) is 14.1. The van der Waals surface area contributed by atoms with Crippen LogP contribution in [0.5, 0.6) is 0 Å². The number of carbonyl (C=O) groups excluding carboxylic acids is 1. The highest BCUT2D eigenvalue weighted by atomic mass is 16.5. The molecule has 7 heteroatoms. The van der Waals surface area contributed by atoms with Gasteiger partial charge in [0.25, 0.3) is 5.56 Å². The predicted octanol–water partition coefficient (Wildman–Crippen LogP) is 0.346. The minimum atomic E-state index is -0.307. The van der Waals surface area contributed by atoms with Crippen molar-refractivity contribution in [3.8, 4) is 0 Å². The second-order valence-corrected chi connectivity index (χ2v) is 5.41. The number of nitrogens with zero attached hydrogens (tertiary/aromatic N) is 3. The third-order valence-corrected chi connectivity index (χ3v) is 3.85. The van der Waals surface area contributed by atoms with Crippen LogP contribution >= 0.6 is 0 Å². The lowest BCUT2D eigenvalue weighted by molar-refractivity contribution is -0.144. The average molecular weight is 293 g/mol. The zero-order valence-corrected chi connectivity index (χ0v) is 12.0. The van der Waals surface area contributed by atoms with Crippen LogP contribution in [0.4, 0.5) is 5.82 Å². The quantitative estimate of drug-likeness (QED) is 0.746.